The molecule has 0 radical (unpaired) electrons. The second-order valence-electron chi connectivity index (χ2n) is 7.58. The van der Waals surface area contributed by atoms with Gasteiger partial charge in [0.15, 0.2) is 5.82 Å². The Morgan fingerprint density at radius 1 is 1.08 bits per heavy atom. The van der Waals surface area contributed by atoms with E-state index in [1.807, 2.05) is 9.80 Å². The second kappa shape index (κ2) is 6.35. The molecule has 3 heterocycles. The van der Waals surface area contributed by atoms with Crippen molar-refractivity contribution in [2.75, 3.05) is 26.2 Å². The molecule has 1 atom stereocenters. The minimum Gasteiger partial charge on any atom is -0.339 e. The number of piperidine rings is 1. The van der Waals surface area contributed by atoms with E-state index in [9.17, 15) is 4.79 Å². The molecule has 0 aromatic carbocycles. The summed E-state index contributed by atoms with van der Waals surface area (Å²) < 4.78 is 5.54. The van der Waals surface area contributed by atoms with Crippen LogP contribution in [0.5, 0.6) is 0 Å². The molecule has 1 aromatic rings. The highest BCUT2D eigenvalue weighted by molar-refractivity contribution is 5.74. The molecule has 2 saturated heterocycles. The second-order valence-corrected chi connectivity index (χ2v) is 7.58. The van der Waals surface area contributed by atoms with E-state index in [1.165, 1.54) is 0 Å². The minimum atomic E-state index is -0.415. The fourth-order valence-corrected chi connectivity index (χ4v) is 4.29. The number of likely N-dealkylation sites (tertiary alicyclic amines) is 2. The first-order valence-corrected chi connectivity index (χ1v) is 9.32. The first-order valence-electron chi connectivity index (χ1n) is 9.32. The lowest BCUT2D eigenvalue weighted by molar-refractivity contribution is 0.142. The van der Waals surface area contributed by atoms with Gasteiger partial charge in [0.2, 0.25) is 5.89 Å². The van der Waals surface area contributed by atoms with Gasteiger partial charge >= 0.3 is 6.03 Å². The molecule has 0 bridgehead atoms. The van der Waals surface area contributed by atoms with E-state index in [0.29, 0.717) is 18.3 Å². The molecular formula is C17H27N5O2. The highest BCUT2D eigenvalue weighted by atomic mass is 16.5. The van der Waals surface area contributed by atoms with Gasteiger partial charge in [0.05, 0.1) is 11.5 Å². The van der Waals surface area contributed by atoms with Crippen LogP contribution in [0.25, 0.3) is 0 Å². The number of rotatable bonds is 2. The summed E-state index contributed by atoms with van der Waals surface area (Å²) in [5.41, 5.74) is 6.01. The van der Waals surface area contributed by atoms with Gasteiger partial charge in [-0.1, -0.05) is 18.0 Å². The Labute approximate surface area is 142 Å². The summed E-state index contributed by atoms with van der Waals surface area (Å²) in [5.74, 6) is 1.44. The Morgan fingerprint density at radius 3 is 2.54 bits per heavy atom. The molecule has 2 N–H and O–H groups in total. The number of aromatic nitrogens is 2. The van der Waals surface area contributed by atoms with Crippen molar-refractivity contribution in [3.63, 3.8) is 0 Å². The topological polar surface area (TPSA) is 88.5 Å². The van der Waals surface area contributed by atoms with Gasteiger partial charge in [-0.3, -0.25) is 0 Å². The number of nitrogens with two attached hydrogens (primary N) is 1. The summed E-state index contributed by atoms with van der Waals surface area (Å²) in [6.07, 6.45) is 8.32. The zero-order valence-corrected chi connectivity index (χ0v) is 14.2. The number of amides is 2. The van der Waals surface area contributed by atoms with Crippen molar-refractivity contribution in [3.8, 4) is 0 Å². The number of carbonyl (C=O) groups excluding carboxylic acids is 1. The van der Waals surface area contributed by atoms with Crippen molar-refractivity contribution in [1.82, 2.24) is 19.9 Å². The molecule has 132 valence electrons. The van der Waals surface area contributed by atoms with Crippen molar-refractivity contribution < 1.29 is 9.32 Å². The van der Waals surface area contributed by atoms with Gasteiger partial charge in [0.1, 0.15) is 0 Å². The molecule has 1 unspecified atom stereocenters. The molecule has 2 amide bonds. The third kappa shape index (κ3) is 2.90. The summed E-state index contributed by atoms with van der Waals surface area (Å²) >= 11 is 0. The van der Waals surface area contributed by atoms with E-state index in [0.717, 1.165) is 71.0 Å². The third-order valence-corrected chi connectivity index (χ3v) is 5.80. The van der Waals surface area contributed by atoms with Crippen LogP contribution < -0.4 is 5.73 Å². The molecule has 7 nitrogen and oxygen atoms in total. The molecule has 3 aliphatic rings. The van der Waals surface area contributed by atoms with Gasteiger partial charge in [-0.05, 0) is 38.5 Å². The summed E-state index contributed by atoms with van der Waals surface area (Å²) in [5, 5.41) is 4.17. The van der Waals surface area contributed by atoms with Crippen molar-refractivity contribution in [2.45, 2.75) is 62.8 Å². The fraction of sp³-hybridized carbons (Fsp3) is 0.824. The van der Waals surface area contributed by atoms with E-state index >= 15 is 0 Å². The van der Waals surface area contributed by atoms with Crippen LogP contribution in [0.1, 0.15) is 69.0 Å². The van der Waals surface area contributed by atoms with Gasteiger partial charge in [0.25, 0.3) is 0 Å². The Kier molecular flexibility index (Phi) is 4.20. The standard InChI is InChI=1S/C17H27N5O2/c18-17(7-1-2-8-17)15-19-14(24-20-15)13-6-5-11-22(12-13)16(23)21-9-3-4-10-21/h13H,1-12,18H2. The first-order chi connectivity index (χ1) is 11.7. The van der Waals surface area contributed by atoms with Crippen LogP contribution in [0, 0.1) is 0 Å². The largest absolute Gasteiger partial charge is 0.339 e. The van der Waals surface area contributed by atoms with Crippen molar-refractivity contribution in [1.29, 1.82) is 0 Å². The number of nitrogens with zero attached hydrogens (tertiary/aromatic N) is 4. The highest BCUT2D eigenvalue weighted by Crippen LogP contribution is 2.36. The predicted molar refractivity (Wildman–Crippen MR) is 88.4 cm³/mol. The van der Waals surface area contributed by atoms with E-state index in [1.54, 1.807) is 0 Å². The van der Waals surface area contributed by atoms with E-state index < -0.39 is 5.54 Å². The van der Waals surface area contributed by atoms with Crippen LogP contribution in [0.2, 0.25) is 0 Å². The fourth-order valence-electron chi connectivity index (χ4n) is 4.29. The number of hydrogen-bond acceptors (Lipinski definition) is 5. The maximum atomic E-state index is 12.6. The SMILES string of the molecule is NC1(c2noc(C3CCCN(C(=O)N4CCCC4)C3)n2)CCCC1. The van der Waals surface area contributed by atoms with Crippen LogP contribution in [0.4, 0.5) is 4.79 Å². The molecule has 1 aliphatic carbocycles. The van der Waals surface area contributed by atoms with Gasteiger partial charge in [-0.25, -0.2) is 4.79 Å². The normalized spacial score (nSPS) is 27.0. The van der Waals surface area contributed by atoms with Crippen LogP contribution >= 0.6 is 0 Å². The summed E-state index contributed by atoms with van der Waals surface area (Å²) in [6.45, 7) is 3.28. The molecule has 4 rings (SSSR count). The Bertz CT molecular complexity index is 590. The summed E-state index contributed by atoms with van der Waals surface area (Å²) in [4.78, 5) is 21.2. The zero-order valence-electron chi connectivity index (χ0n) is 14.2. The van der Waals surface area contributed by atoms with Gasteiger partial charge in [-0.2, -0.15) is 4.98 Å². The number of urea groups is 1. The molecule has 2 aliphatic heterocycles. The van der Waals surface area contributed by atoms with Crippen LogP contribution in [-0.4, -0.2) is 52.2 Å². The molecule has 3 fully saturated rings. The van der Waals surface area contributed by atoms with Crippen LogP contribution in [-0.2, 0) is 5.54 Å². The van der Waals surface area contributed by atoms with Crippen molar-refractivity contribution >= 4 is 6.03 Å². The summed E-state index contributed by atoms with van der Waals surface area (Å²) in [6, 6.07) is 0.169. The van der Waals surface area contributed by atoms with E-state index in [2.05, 4.69) is 10.1 Å². The molecular weight excluding hydrogens is 306 g/mol. The lowest BCUT2D eigenvalue weighted by atomic mass is 9.97. The van der Waals surface area contributed by atoms with Gasteiger partial charge < -0.3 is 20.1 Å². The highest BCUT2D eigenvalue weighted by Gasteiger charge is 2.38. The smallest absolute Gasteiger partial charge is 0.320 e. The average Bonchev–Trinajstić information content (AvgIpc) is 3.35. The zero-order chi connectivity index (χ0) is 16.6. The van der Waals surface area contributed by atoms with Crippen molar-refractivity contribution in [2.24, 2.45) is 5.73 Å². The number of hydrogen-bond donors (Lipinski definition) is 1. The quantitative estimate of drug-likeness (QED) is 0.896. The van der Waals surface area contributed by atoms with Gasteiger partial charge in [-0.15, -0.1) is 0 Å². The lowest BCUT2D eigenvalue weighted by Crippen LogP contribution is -2.46. The predicted octanol–water partition coefficient (Wildman–Crippen LogP) is 2.19. The minimum absolute atomic E-state index is 0.136. The maximum absolute atomic E-state index is 12.6. The Hall–Kier alpha value is -1.63. The lowest BCUT2D eigenvalue weighted by Gasteiger charge is -2.33. The monoisotopic (exact) mass is 333 g/mol. The maximum Gasteiger partial charge on any atom is 0.320 e. The molecule has 1 saturated carbocycles. The number of carbonyl (C=O) groups is 1. The van der Waals surface area contributed by atoms with E-state index in [4.69, 9.17) is 10.3 Å². The third-order valence-electron chi connectivity index (χ3n) is 5.80. The van der Waals surface area contributed by atoms with Crippen LogP contribution in [0.15, 0.2) is 4.52 Å². The molecule has 0 spiro atoms. The van der Waals surface area contributed by atoms with Crippen molar-refractivity contribution in [3.05, 3.63) is 11.7 Å². The van der Waals surface area contributed by atoms with E-state index in [-0.39, 0.29) is 11.9 Å². The van der Waals surface area contributed by atoms with Gasteiger partial charge in [0, 0.05) is 26.2 Å². The van der Waals surface area contributed by atoms with Crippen LogP contribution in [0.3, 0.4) is 0 Å². The molecule has 7 heteroatoms. The first kappa shape index (κ1) is 15.9. The Morgan fingerprint density at radius 2 is 1.79 bits per heavy atom. The summed E-state index contributed by atoms with van der Waals surface area (Å²) in [7, 11) is 0. The Balaban J connectivity index is 1.44. The molecule has 1 aromatic heterocycles. The average molecular weight is 333 g/mol. The molecule has 24 heavy (non-hydrogen) atoms.